The van der Waals surface area contributed by atoms with Crippen LogP contribution in [0.4, 0.5) is 5.69 Å². The zero-order chi connectivity index (χ0) is 14.4. The van der Waals surface area contributed by atoms with E-state index in [-0.39, 0.29) is 17.9 Å². The Morgan fingerprint density at radius 2 is 1.85 bits per heavy atom. The number of anilines is 1. The van der Waals surface area contributed by atoms with Crippen molar-refractivity contribution < 1.29 is 9.59 Å². The molecule has 2 heterocycles. The molecule has 2 N–H and O–H groups in total. The first-order chi connectivity index (χ1) is 9.49. The van der Waals surface area contributed by atoms with Gasteiger partial charge >= 0.3 is 0 Å². The zero-order valence-corrected chi connectivity index (χ0v) is 12.2. The number of imide groups is 1. The molecule has 1 unspecified atom stereocenters. The number of nitrogen functional groups attached to an aromatic ring is 1. The van der Waals surface area contributed by atoms with Gasteiger partial charge in [-0.05, 0) is 37.3 Å². The highest BCUT2D eigenvalue weighted by Crippen LogP contribution is 2.35. The number of fused-ring (bicyclic) bond motifs is 1. The lowest BCUT2D eigenvalue weighted by Gasteiger charge is -2.21. The number of nitrogens with two attached hydrogens (primary N) is 1. The van der Waals surface area contributed by atoms with Crippen molar-refractivity contribution >= 4 is 40.4 Å². The average Bonchev–Trinajstić information content (AvgIpc) is 2.93. The number of thiophene rings is 1. The van der Waals surface area contributed by atoms with E-state index in [0.29, 0.717) is 21.2 Å². The Bertz CT molecular complexity index is 726. The molecule has 0 saturated heterocycles. The molecule has 6 heteroatoms. The van der Waals surface area contributed by atoms with E-state index in [2.05, 4.69) is 0 Å². The number of benzene rings is 1. The first-order valence-electron chi connectivity index (χ1n) is 6.01. The minimum Gasteiger partial charge on any atom is -0.399 e. The van der Waals surface area contributed by atoms with Crippen LogP contribution in [0.2, 0.25) is 4.34 Å². The third-order valence-electron chi connectivity index (χ3n) is 3.34. The topological polar surface area (TPSA) is 63.4 Å². The summed E-state index contributed by atoms with van der Waals surface area (Å²) in [6.45, 7) is 1.81. The third-order valence-corrected chi connectivity index (χ3v) is 4.74. The second-order valence-corrected chi connectivity index (χ2v) is 6.35. The predicted molar refractivity (Wildman–Crippen MR) is 79.1 cm³/mol. The smallest absolute Gasteiger partial charge is 0.262 e. The Hall–Kier alpha value is -1.85. The molecule has 1 atom stereocenters. The molecule has 0 saturated carbocycles. The number of hydrogen-bond donors (Lipinski definition) is 1. The SMILES string of the molecule is CC(c1ccc(Cl)s1)N1C(=O)c2ccc(N)cc2C1=O. The van der Waals surface area contributed by atoms with E-state index < -0.39 is 0 Å². The van der Waals surface area contributed by atoms with E-state index >= 15 is 0 Å². The molecule has 20 heavy (non-hydrogen) atoms. The van der Waals surface area contributed by atoms with Gasteiger partial charge in [-0.2, -0.15) is 0 Å². The van der Waals surface area contributed by atoms with Crippen LogP contribution in [0.1, 0.15) is 38.6 Å². The molecule has 102 valence electrons. The molecular weight excluding hydrogens is 296 g/mol. The molecule has 0 aliphatic carbocycles. The van der Waals surface area contributed by atoms with Gasteiger partial charge in [0.15, 0.2) is 0 Å². The van der Waals surface area contributed by atoms with E-state index in [0.717, 1.165) is 4.88 Å². The lowest BCUT2D eigenvalue weighted by Crippen LogP contribution is -2.32. The van der Waals surface area contributed by atoms with Crippen molar-refractivity contribution in [2.75, 3.05) is 5.73 Å². The maximum absolute atomic E-state index is 12.4. The average molecular weight is 307 g/mol. The summed E-state index contributed by atoms with van der Waals surface area (Å²) in [5, 5.41) is 0. The van der Waals surface area contributed by atoms with Gasteiger partial charge < -0.3 is 5.73 Å². The van der Waals surface area contributed by atoms with Crippen molar-refractivity contribution in [1.82, 2.24) is 4.90 Å². The van der Waals surface area contributed by atoms with Crippen LogP contribution in [0, 0.1) is 0 Å². The first kappa shape index (κ1) is 13.1. The molecule has 0 fully saturated rings. The van der Waals surface area contributed by atoms with Crippen molar-refractivity contribution in [3.63, 3.8) is 0 Å². The number of halogens is 1. The van der Waals surface area contributed by atoms with E-state index in [1.165, 1.54) is 16.2 Å². The molecule has 1 aromatic heterocycles. The fourth-order valence-corrected chi connectivity index (χ4v) is 3.41. The number of amides is 2. The van der Waals surface area contributed by atoms with Gasteiger partial charge in [0.2, 0.25) is 0 Å². The molecule has 1 aliphatic rings. The number of hydrogen-bond acceptors (Lipinski definition) is 4. The molecule has 0 bridgehead atoms. The van der Waals surface area contributed by atoms with Crippen LogP contribution >= 0.6 is 22.9 Å². The van der Waals surface area contributed by atoms with Crippen LogP contribution in [0.15, 0.2) is 30.3 Å². The standard InChI is InChI=1S/C14H11ClN2O2S/c1-7(11-4-5-12(15)20-11)17-13(18)9-3-2-8(16)6-10(9)14(17)19/h2-7H,16H2,1H3. The summed E-state index contributed by atoms with van der Waals surface area (Å²) < 4.78 is 0.632. The Morgan fingerprint density at radius 1 is 1.15 bits per heavy atom. The van der Waals surface area contributed by atoms with E-state index in [1.807, 2.05) is 13.0 Å². The molecule has 3 rings (SSSR count). The molecule has 1 aromatic carbocycles. The highest BCUT2D eigenvalue weighted by atomic mass is 35.5. The van der Waals surface area contributed by atoms with Gasteiger partial charge in [-0.15, -0.1) is 11.3 Å². The van der Waals surface area contributed by atoms with Gasteiger partial charge in [-0.1, -0.05) is 11.6 Å². The Kier molecular flexibility index (Phi) is 3.03. The fraction of sp³-hybridized carbons (Fsp3) is 0.143. The van der Waals surface area contributed by atoms with Crippen molar-refractivity contribution in [2.24, 2.45) is 0 Å². The number of carbonyl (C=O) groups is 2. The molecule has 1 aliphatic heterocycles. The lowest BCUT2D eigenvalue weighted by molar-refractivity contribution is 0.0598. The minimum atomic E-state index is -0.346. The van der Waals surface area contributed by atoms with Crippen LogP contribution in [-0.4, -0.2) is 16.7 Å². The van der Waals surface area contributed by atoms with Crippen molar-refractivity contribution in [2.45, 2.75) is 13.0 Å². The Labute approximate surface area is 124 Å². The Balaban J connectivity index is 2.01. The third kappa shape index (κ3) is 1.90. The molecule has 4 nitrogen and oxygen atoms in total. The summed E-state index contributed by atoms with van der Waals surface area (Å²) in [5.74, 6) is -0.601. The minimum absolute atomic E-state index is 0.290. The highest BCUT2D eigenvalue weighted by molar-refractivity contribution is 7.16. The Morgan fingerprint density at radius 3 is 2.50 bits per heavy atom. The maximum Gasteiger partial charge on any atom is 0.262 e. The summed E-state index contributed by atoms with van der Waals surface area (Å²) in [5.41, 5.74) is 6.91. The summed E-state index contributed by atoms with van der Waals surface area (Å²) in [7, 11) is 0. The molecule has 0 spiro atoms. The summed E-state index contributed by atoms with van der Waals surface area (Å²) in [6, 6.07) is 8.01. The molecule has 2 amide bonds. The first-order valence-corrected chi connectivity index (χ1v) is 7.21. The summed E-state index contributed by atoms with van der Waals surface area (Å²) >= 11 is 7.27. The highest BCUT2D eigenvalue weighted by Gasteiger charge is 2.39. The van der Waals surface area contributed by atoms with Crippen molar-refractivity contribution in [1.29, 1.82) is 0 Å². The van der Waals surface area contributed by atoms with Crippen LogP contribution < -0.4 is 5.73 Å². The van der Waals surface area contributed by atoms with Gasteiger partial charge in [0.1, 0.15) is 0 Å². The van der Waals surface area contributed by atoms with Crippen LogP contribution in [0.25, 0.3) is 0 Å². The van der Waals surface area contributed by atoms with E-state index in [9.17, 15) is 9.59 Å². The lowest BCUT2D eigenvalue weighted by atomic mass is 10.1. The monoisotopic (exact) mass is 306 g/mol. The normalized spacial score (nSPS) is 15.6. The van der Waals surface area contributed by atoms with Crippen LogP contribution in [-0.2, 0) is 0 Å². The molecule has 0 radical (unpaired) electrons. The van der Waals surface area contributed by atoms with Crippen LogP contribution in [0.3, 0.4) is 0 Å². The van der Waals surface area contributed by atoms with E-state index in [1.54, 1.807) is 24.3 Å². The predicted octanol–water partition coefficient (Wildman–Crippen LogP) is 3.34. The van der Waals surface area contributed by atoms with E-state index in [4.69, 9.17) is 17.3 Å². The number of rotatable bonds is 2. The van der Waals surface area contributed by atoms with Gasteiger partial charge in [0.05, 0.1) is 21.5 Å². The largest absolute Gasteiger partial charge is 0.399 e. The van der Waals surface area contributed by atoms with Gasteiger partial charge in [-0.25, -0.2) is 0 Å². The maximum atomic E-state index is 12.4. The van der Waals surface area contributed by atoms with Crippen molar-refractivity contribution in [3.05, 3.63) is 50.7 Å². The summed E-state index contributed by atoms with van der Waals surface area (Å²) in [4.78, 5) is 26.9. The number of carbonyl (C=O) groups excluding carboxylic acids is 2. The van der Waals surface area contributed by atoms with Gasteiger partial charge in [0.25, 0.3) is 11.8 Å². The zero-order valence-electron chi connectivity index (χ0n) is 10.6. The second-order valence-electron chi connectivity index (χ2n) is 4.60. The second kappa shape index (κ2) is 4.61. The van der Waals surface area contributed by atoms with Crippen LogP contribution in [0.5, 0.6) is 0 Å². The number of nitrogens with zero attached hydrogens (tertiary/aromatic N) is 1. The molecular formula is C14H11ClN2O2S. The quantitative estimate of drug-likeness (QED) is 0.683. The fourth-order valence-electron chi connectivity index (χ4n) is 2.31. The molecule has 2 aromatic rings. The van der Waals surface area contributed by atoms with Gasteiger partial charge in [0, 0.05) is 10.6 Å². The summed E-state index contributed by atoms with van der Waals surface area (Å²) in [6.07, 6.45) is 0. The van der Waals surface area contributed by atoms with Crippen molar-refractivity contribution in [3.8, 4) is 0 Å². The van der Waals surface area contributed by atoms with Gasteiger partial charge in [-0.3, -0.25) is 14.5 Å².